The topological polar surface area (TPSA) is 49.3 Å². The van der Waals surface area contributed by atoms with Gasteiger partial charge in [0.05, 0.1) is 13.3 Å². The van der Waals surface area contributed by atoms with Crippen molar-refractivity contribution in [2.24, 2.45) is 0 Å². The van der Waals surface area contributed by atoms with Crippen LogP contribution in [0.5, 0.6) is 0 Å². The Morgan fingerprint density at radius 2 is 2.21 bits per heavy atom. The third-order valence-corrected chi connectivity index (χ3v) is 3.14. The Hall–Kier alpha value is -1.26. The van der Waals surface area contributed by atoms with Gasteiger partial charge in [-0.1, -0.05) is 25.5 Å². The Bertz CT molecular complexity index is 421. The minimum Gasteiger partial charge on any atom is -0.381 e. The molecule has 0 aliphatic carbocycles. The molecule has 1 rings (SSSR count). The summed E-state index contributed by atoms with van der Waals surface area (Å²) in [5.74, 6) is -0.326. The molecule has 0 saturated carbocycles. The number of hydrogen-bond acceptors (Lipinski definition) is 3. The highest BCUT2D eigenvalue weighted by Crippen LogP contribution is 2.28. The maximum atomic E-state index is 14.0. The lowest BCUT2D eigenvalue weighted by molar-refractivity contribution is -0.118. The zero-order valence-corrected chi connectivity index (χ0v) is 11.6. The number of hydrogen-bond donors (Lipinski definition) is 2. The quantitative estimate of drug-likeness (QED) is 0.712. The number of nitrogens with one attached hydrogen (secondary N) is 1. The number of ketones is 1. The Morgan fingerprint density at radius 3 is 2.79 bits per heavy atom. The zero-order chi connectivity index (χ0) is 14.3. The van der Waals surface area contributed by atoms with E-state index in [1.807, 2.05) is 19.9 Å². The van der Waals surface area contributed by atoms with Crippen LogP contribution in [0.1, 0.15) is 43.2 Å². The molecular weight excluding hydrogens is 245 g/mol. The van der Waals surface area contributed by atoms with Gasteiger partial charge < -0.3 is 5.11 Å². The molecule has 4 heteroatoms. The van der Waals surface area contributed by atoms with Crippen molar-refractivity contribution >= 4 is 5.78 Å². The Balaban J connectivity index is 2.78. The predicted molar refractivity (Wildman–Crippen MR) is 73.5 cm³/mol. The molecule has 0 aromatic heterocycles. The highest BCUT2D eigenvalue weighted by Gasteiger charge is 2.18. The molecule has 1 aromatic carbocycles. The largest absolute Gasteiger partial charge is 0.381 e. The van der Waals surface area contributed by atoms with Crippen LogP contribution in [0.3, 0.4) is 0 Å². The van der Waals surface area contributed by atoms with Crippen molar-refractivity contribution in [3.8, 4) is 0 Å². The molecule has 1 atom stereocenters. The van der Waals surface area contributed by atoms with Crippen molar-refractivity contribution in [2.75, 3.05) is 13.3 Å². The van der Waals surface area contributed by atoms with Crippen LogP contribution in [-0.2, 0) is 4.79 Å². The van der Waals surface area contributed by atoms with Crippen molar-refractivity contribution in [1.29, 1.82) is 0 Å². The fourth-order valence-electron chi connectivity index (χ4n) is 2.22. The van der Waals surface area contributed by atoms with Crippen LogP contribution in [0.2, 0.25) is 0 Å². The van der Waals surface area contributed by atoms with E-state index in [4.69, 9.17) is 5.11 Å². The minimum absolute atomic E-state index is 0.00697. The fraction of sp³-hybridized carbons (Fsp3) is 0.533. The second-order valence-electron chi connectivity index (χ2n) is 4.84. The summed E-state index contributed by atoms with van der Waals surface area (Å²) in [6.07, 6.45) is 1.99. The first-order valence-electron chi connectivity index (χ1n) is 6.67. The second-order valence-corrected chi connectivity index (χ2v) is 4.84. The predicted octanol–water partition coefficient (Wildman–Crippen LogP) is 2.52. The Morgan fingerprint density at radius 1 is 1.47 bits per heavy atom. The first-order chi connectivity index (χ1) is 9.08. The van der Waals surface area contributed by atoms with Gasteiger partial charge in [0.2, 0.25) is 0 Å². The maximum Gasteiger partial charge on any atom is 0.147 e. The molecule has 1 aromatic rings. The van der Waals surface area contributed by atoms with Gasteiger partial charge in [-0.3, -0.25) is 10.1 Å². The second kappa shape index (κ2) is 8.02. The van der Waals surface area contributed by atoms with Crippen molar-refractivity contribution in [3.05, 3.63) is 35.1 Å². The Kier molecular flexibility index (Phi) is 6.67. The van der Waals surface area contributed by atoms with E-state index in [-0.39, 0.29) is 30.8 Å². The van der Waals surface area contributed by atoms with Gasteiger partial charge in [0.25, 0.3) is 0 Å². The van der Waals surface area contributed by atoms with Gasteiger partial charge in [0, 0.05) is 6.42 Å². The van der Waals surface area contributed by atoms with Crippen LogP contribution in [0.4, 0.5) is 4.39 Å². The summed E-state index contributed by atoms with van der Waals surface area (Å²) in [4.78, 5) is 11.7. The normalized spacial score (nSPS) is 12.4. The van der Waals surface area contributed by atoms with Gasteiger partial charge >= 0.3 is 0 Å². The van der Waals surface area contributed by atoms with E-state index in [1.165, 1.54) is 6.07 Å². The van der Waals surface area contributed by atoms with E-state index in [0.29, 0.717) is 12.0 Å². The molecule has 19 heavy (non-hydrogen) atoms. The van der Waals surface area contributed by atoms with Gasteiger partial charge in [-0.05, 0) is 36.5 Å². The third-order valence-electron chi connectivity index (χ3n) is 3.14. The van der Waals surface area contributed by atoms with Crippen molar-refractivity contribution in [3.63, 3.8) is 0 Å². The summed E-state index contributed by atoms with van der Waals surface area (Å²) < 4.78 is 14.0. The van der Waals surface area contributed by atoms with E-state index in [2.05, 4.69) is 5.32 Å². The van der Waals surface area contributed by atoms with Crippen LogP contribution in [0, 0.1) is 12.7 Å². The lowest BCUT2D eigenvalue weighted by Gasteiger charge is -2.17. The molecule has 3 nitrogen and oxygen atoms in total. The molecule has 0 aliphatic rings. The monoisotopic (exact) mass is 267 g/mol. The molecule has 0 spiro atoms. The smallest absolute Gasteiger partial charge is 0.147 e. The SMILES string of the molecule is CCCC(CC(=O)CNCO)c1ccc(C)cc1F. The fourth-order valence-corrected chi connectivity index (χ4v) is 2.22. The molecule has 2 N–H and O–H groups in total. The number of aliphatic hydroxyl groups excluding tert-OH is 1. The average molecular weight is 267 g/mol. The van der Waals surface area contributed by atoms with Crippen LogP contribution in [-0.4, -0.2) is 24.2 Å². The number of benzene rings is 1. The average Bonchev–Trinajstić information content (AvgIpc) is 2.36. The van der Waals surface area contributed by atoms with Crippen LogP contribution >= 0.6 is 0 Å². The number of Topliss-reactive ketones (excluding diaryl/α,β-unsaturated/α-hetero) is 1. The highest BCUT2D eigenvalue weighted by molar-refractivity contribution is 5.81. The number of rotatable bonds is 8. The lowest BCUT2D eigenvalue weighted by atomic mass is 9.89. The molecule has 0 heterocycles. The molecule has 0 bridgehead atoms. The Labute approximate surface area is 113 Å². The van der Waals surface area contributed by atoms with E-state index in [9.17, 15) is 9.18 Å². The van der Waals surface area contributed by atoms with E-state index in [0.717, 1.165) is 18.4 Å². The summed E-state index contributed by atoms with van der Waals surface area (Å²) in [7, 11) is 0. The van der Waals surface area contributed by atoms with Gasteiger partial charge in [-0.25, -0.2) is 4.39 Å². The number of carbonyl (C=O) groups excluding carboxylic acids is 1. The molecule has 106 valence electrons. The van der Waals surface area contributed by atoms with Crippen molar-refractivity contribution in [1.82, 2.24) is 5.32 Å². The zero-order valence-electron chi connectivity index (χ0n) is 11.6. The first-order valence-corrected chi connectivity index (χ1v) is 6.67. The van der Waals surface area contributed by atoms with E-state index >= 15 is 0 Å². The summed E-state index contributed by atoms with van der Waals surface area (Å²) in [5.41, 5.74) is 1.49. The number of halogens is 1. The van der Waals surface area contributed by atoms with E-state index in [1.54, 1.807) is 6.07 Å². The summed E-state index contributed by atoms with van der Waals surface area (Å²) in [6, 6.07) is 5.16. The molecule has 0 aliphatic heterocycles. The number of carbonyl (C=O) groups is 1. The number of aliphatic hydroxyl groups is 1. The van der Waals surface area contributed by atoms with Gasteiger partial charge in [-0.2, -0.15) is 0 Å². The standard InChI is InChI=1S/C15H22FNO2/c1-3-4-12(8-13(19)9-17-10-18)14-6-5-11(2)7-15(14)16/h5-7,12,17-18H,3-4,8-10H2,1-2H3. The van der Waals surface area contributed by atoms with Gasteiger partial charge in [0.15, 0.2) is 0 Å². The molecule has 1 unspecified atom stereocenters. The van der Waals surface area contributed by atoms with Crippen molar-refractivity contribution in [2.45, 2.75) is 39.0 Å². The van der Waals surface area contributed by atoms with Crippen LogP contribution in [0.25, 0.3) is 0 Å². The maximum absolute atomic E-state index is 14.0. The first kappa shape index (κ1) is 15.8. The highest BCUT2D eigenvalue weighted by atomic mass is 19.1. The third kappa shape index (κ3) is 5.09. The summed E-state index contributed by atoms with van der Waals surface area (Å²) in [6.45, 7) is 3.78. The van der Waals surface area contributed by atoms with E-state index < -0.39 is 0 Å². The van der Waals surface area contributed by atoms with Gasteiger partial charge in [-0.15, -0.1) is 0 Å². The molecule has 0 radical (unpaired) electrons. The minimum atomic E-state index is -0.235. The molecule has 0 amide bonds. The van der Waals surface area contributed by atoms with Crippen LogP contribution in [0.15, 0.2) is 18.2 Å². The molecule has 0 fully saturated rings. The van der Waals surface area contributed by atoms with Gasteiger partial charge in [0.1, 0.15) is 11.6 Å². The summed E-state index contributed by atoms with van der Waals surface area (Å²) in [5, 5.41) is 11.2. The molecular formula is C15H22FNO2. The summed E-state index contributed by atoms with van der Waals surface area (Å²) >= 11 is 0. The number of aryl methyl sites for hydroxylation is 1. The molecule has 0 saturated heterocycles. The van der Waals surface area contributed by atoms with Crippen molar-refractivity contribution < 1.29 is 14.3 Å². The van der Waals surface area contributed by atoms with Crippen LogP contribution < -0.4 is 5.32 Å². The lowest BCUT2D eigenvalue weighted by Crippen LogP contribution is -2.25.